The van der Waals surface area contributed by atoms with E-state index in [0.717, 1.165) is 26.2 Å². The van der Waals surface area contributed by atoms with Gasteiger partial charge in [0.05, 0.1) is 11.6 Å². The van der Waals surface area contributed by atoms with Crippen LogP contribution in [0.5, 0.6) is 0 Å². The number of carbonyl (C=O) groups excluding carboxylic acids is 1. The second-order valence-electron chi connectivity index (χ2n) is 4.13. The van der Waals surface area contributed by atoms with Crippen LogP contribution in [0.2, 0.25) is 0 Å². The quantitative estimate of drug-likeness (QED) is 0.521. The number of methoxy groups -OCH3 is 1. The normalized spacial score (nSPS) is 13.7. The van der Waals surface area contributed by atoms with Crippen molar-refractivity contribution >= 4 is 27.9 Å². The summed E-state index contributed by atoms with van der Waals surface area (Å²) in [7, 11) is 1.01. The van der Waals surface area contributed by atoms with Crippen LogP contribution in [0.4, 0.5) is 8.78 Å². The lowest BCUT2D eigenvalue weighted by Gasteiger charge is -2.22. The molecule has 0 aromatic heterocycles. The fourth-order valence-electron chi connectivity index (χ4n) is 1.55. The van der Waals surface area contributed by atoms with Crippen molar-refractivity contribution in [1.29, 1.82) is 0 Å². The highest BCUT2D eigenvalue weighted by molar-refractivity contribution is 9.10. The predicted octanol–water partition coefficient (Wildman–Crippen LogP) is 2.53. The zero-order chi connectivity index (χ0) is 14.8. The largest absolute Gasteiger partial charge is 0.480 e. The molecule has 1 aromatic rings. The van der Waals surface area contributed by atoms with Crippen molar-refractivity contribution in [1.82, 2.24) is 0 Å². The number of halogens is 3. The van der Waals surface area contributed by atoms with E-state index in [-0.39, 0.29) is 4.47 Å². The minimum absolute atomic E-state index is 0.0125. The SMILES string of the molecule is COC(=O)C(C)(Cc1c(F)ccc(Br)c1F)C(=O)O. The van der Waals surface area contributed by atoms with E-state index in [2.05, 4.69) is 20.7 Å². The van der Waals surface area contributed by atoms with Crippen LogP contribution in [0.25, 0.3) is 0 Å². The van der Waals surface area contributed by atoms with Gasteiger partial charge in [0, 0.05) is 12.0 Å². The van der Waals surface area contributed by atoms with Crippen LogP contribution in [0.3, 0.4) is 0 Å². The Bertz CT molecular complexity index is 533. The van der Waals surface area contributed by atoms with Crippen LogP contribution in [0, 0.1) is 17.0 Å². The van der Waals surface area contributed by atoms with E-state index >= 15 is 0 Å². The van der Waals surface area contributed by atoms with Crippen molar-refractivity contribution in [2.45, 2.75) is 13.3 Å². The molecule has 1 unspecified atom stereocenters. The maximum atomic E-state index is 13.8. The Balaban J connectivity index is 3.29. The summed E-state index contributed by atoms with van der Waals surface area (Å²) in [6.45, 7) is 1.06. The van der Waals surface area contributed by atoms with E-state index in [1.54, 1.807) is 0 Å². The highest BCUT2D eigenvalue weighted by atomic mass is 79.9. The summed E-state index contributed by atoms with van der Waals surface area (Å²) >= 11 is 2.87. The van der Waals surface area contributed by atoms with Gasteiger partial charge in [-0.25, -0.2) is 8.78 Å². The molecular weight excluding hydrogens is 326 g/mol. The molecule has 0 heterocycles. The molecule has 0 spiro atoms. The number of carboxylic acid groups (broad SMARTS) is 1. The average molecular weight is 337 g/mol. The molecule has 7 heteroatoms. The van der Waals surface area contributed by atoms with Crippen molar-refractivity contribution in [2.24, 2.45) is 5.41 Å². The summed E-state index contributed by atoms with van der Waals surface area (Å²) in [5.74, 6) is -4.44. The van der Waals surface area contributed by atoms with Crippen LogP contribution in [-0.2, 0) is 20.7 Å². The van der Waals surface area contributed by atoms with Crippen molar-refractivity contribution in [2.75, 3.05) is 7.11 Å². The minimum Gasteiger partial charge on any atom is -0.480 e. The van der Waals surface area contributed by atoms with Crippen molar-refractivity contribution in [3.63, 3.8) is 0 Å². The lowest BCUT2D eigenvalue weighted by Crippen LogP contribution is -2.40. The van der Waals surface area contributed by atoms with Gasteiger partial charge in [-0.1, -0.05) is 0 Å². The molecule has 4 nitrogen and oxygen atoms in total. The number of benzene rings is 1. The van der Waals surface area contributed by atoms with E-state index in [1.165, 1.54) is 0 Å². The number of carboxylic acids is 1. The first-order valence-electron chi connectivity index (χ1n) is 5.18. The Hall–Kier alpha value is -1.50. The highest BCUT2D eigenvalue weighted by Gasteiger charge is 2.44. The van der Waals surface area contributed by atoms with Crippen LogP contribution in [0.15, 0.2) is 16.6 Å². The maximum absolute atomic E-state index is 13.8. The molecule has 1 rings (SSSR count). The van der Waals surface area contributed by atoms with Crippen molar-refractivity contribution < 1.29 is 28.2 Å². The van der Waals surface area contributed by atoms with Crippen molar-refractivity contribution in [3.05, 3.63) is 33.8 Å². The van der Waals surface area contributed by atoms with Crippen LogP contribution in [-0.4, -0.2) is 24.2 Å². The fraction of sp³-hybridized carbons (Fsp3) is 0.333. The fourth-order valence-corrected chi connectivity index (χ4v) is 1.92. The highest BCUT2D eigenvalue weighted by Crippen LogP contribution is 2.30. The van der Waals surface area contributed by atoms with Gasteiger partial charge in [-0.2, -0.15) is 0 Å². The number of esters is 1. The second kappa shape index (κ2) is 5.64. The molecule has 0 bridgehead atoms. The third-order valence-corrected chi connectivity index (χ3v) is 3.39. The second-order valence-corrected chi connectivity index (χ2v) is 4.98. The third-order valence-electron chi connectivity index (χ3n) is 2.78. The third kappa shape index (κ3) is 2.91. The predicted molar refractivity (Wildman–Crippen MR) is 65.5 cm³/mol. The molecule has 0 fully saturated rings. The first-order chi connectivity index (χ1) is 8.74. The summed E-state index contributed by atoms with van der Waals surface area (Å²) in [5.41, 5.74) is -2.54. The van der Waals surface area contributed by atoms with E-state index in [4.69, 9.17) is 5.11 Å². The van der Waals surface area contributed by atoms with Gasteiger partial charge in [-0.3, -0.25) is 9.59 Å². The van der Waals surface area contributed by atoms with Crippen LogP contribution >= 0.6 is 15.9 Å². The van der Waals surface area contributed by atoms with E-state index in [9.17, 15) is 18.4 Å². The number of rotatable bonds is 4. The topological polar surface area (TPSA) is 63.6 Å². The summed E-state index contributed by atoms with van der Waals surface area (Å²) in [6, 6.07) is 2.15. The van der Waals surface area contributed by atoms with Gasteiger partial charge in [0.1, 0.15) is 11.6 Å². The van der Waals surface area contributed by atoms with Gasteiger partial charge in [-0.15, -0.1) is 0 Å². The summed E-state index contributed by atoms with van der Waals surface area (Å²) in [5, 5.41) is 9.09. The maximum Gasteiger partial charge on any atom is 0.323 e. The number of carbonyl (C=O) groups is 2. The lowest BCUT2D eigenvalue weighted by atomic mass is 9.83. The molecule has 1 aromatic carbocycles. The zero-order valence-electron chi connectivity index (χ0n) is 10.2. The number of hydrogen-bond donors (Lipinski definition) is 1. The molecule has 1 atom stereocenters. The Morgan fingerprint density at radius 2 is 2.00 bits per heavy atom. The Kier molecular flexibility index (Phi) is 4.62. The standard InChI is InChI=1S/C12H11BrF2O4/c1-12(10(16)17,11(18)19-2)5-6-8(14)4-3-7(13)9(6)15/h3-4H,5H2,1-2H3,(H,16,17). The summed E-state index contributed by atoms with van der Waals surface area (Å²) in [4.78, 5) is 22.7. The lowest BCUT2D eigenvalue weighted by molar-refractivity contribution is -0.165. The Morgan fingerprint density at radius 3 is 2.47 bits per heavy atom. The van der Waals surface area contributed by atoms with E-state index in [1.807, 2.05) is 0 Å². The summed E-state index contributed by atoms with van der Waals surface area (Å²) < 4.78 is 31.7. The molecule has 1 N–H and O–H groups in total. The molecule has 19 heavy (non-hydrogen) atoms. The summed E-state index contributed by atoms with van der Waals surface area (Å²) in [6.07, 6.45) is -0.647. The molecule has 0 saturated carbocycles. The van der Waals surface area contributed by atoms with E-state index in [0.29, 0.717) is 0 Å². The van der Waals surface area contributed by atoms with Gasteiger partial charge in [0.25, 0.3) is 0 Å². The Labute approximate surface area is 116 Å². The smallest absolute Gasteiger partial charge is 0.323 e. The van der Waals surface area contributed by atoms with E-state index < -0.39 is 41.0 Å². The molecule has 0 aliphatic heterocycles. The Morgan fingerprint density at radius 1 is 1.42 bits per heavy atom. The van der Waals surface area contributed by atoms with Crippen LogP contribution < -0.4 is 0 Å². The van der Waals surface area contributed by atoms with Crippen LogP contribution in [0.1, 0.15) is 12.5 Å². The van der Waals surface area contributed by atoms with Crippen molar-refractivity contribution in [3.8, 4) is 0 Å². The molecule has 104 valence electrons. The monoisotopic (exact) mass is 336 g/mol. The molecular formula is C12H11BrF2O4. The number of aliphatic carboxylic acids is 1. The molecule has 0 aliphatic rings. The molecule has 0 aliphatic carbocycles. The molecule has 0 radical (unpaired) electrons. The first-order valence-corrected chi connectivity index (χ1v) is 5.97. The zero-order valence-corrected chi connectivity index (χ0v) is 11.8. The van der Waals surface area contributed by atoms with Gasteiger partial charge >= 0.3 is 11.9 Å². The average Bonchev–Trinajstić information content (AvgIpc) is 2.37. The molecule has 0 saturated heterocycles. The minimum atomic E-state index is -2.06. The molecule has 0 amide bonds. The first kappa shape index (κ1) is 15.6. The number of ether oxygens (including phenoxy) is 1. The van der Waals surface area contributed by atoms with Gasteiger partial charge in [0.2, 0.25) is 0 Å². The van der Waals surface area contributed by atoms with Gasteiger partial charge in [0.15, 0.2) is 5.41 Å². The number of hydrogen-bond acceptors (Lipinski definition) is 3. The van der Waals surface area contributed by atoms with Gasteiger partial charge in [-0.05, 0) is 35.0 Å². The van der Waals surface area contributed by atoms with Gasteiger partial charge < -0.3 is 9.84 Å².